The predicted octanol–water partition coefficient (Wildman–Crippen LogP) is 2.31. The molecule has 0 saturated heterocycles. The van der Waals surface area contributed by atoms with Crippen molar-refractivity contribution in [3.8, 4) is 0 Å². The molecule has 0 bridgehead atoms. The fraction of sp³-hybridized carbons (Fsp3) is 0.444. The largest absolute Gasteiger partial charge is 0.373 e. The Morgan fingerprint density at radius 2 is 2.00 bits per heavy atom. The lowest BCUT2D eigenvalue weighted by molar-refractivity contribution is -0.384. The average Bonchev–Trinajstić information content (AvgIpc) is 3.11. The van der Waals surface area contributed by atoms with Gasteiger partial charge in [0.25, 0.3) is 11.2 Å². The Morgan fingerprint density at radius 1 is 1.31 bits per heavy atom. The summed E-state index contributed by atoms with van der Waals surface area (Å²) >= 11 is 0. The summed E-state index contributed by atoms with van der Waals surface area (Å²) in [6.45, 7) is 1.71. The Balaban J connectivity index is 1.91. The van der Waals surface area contributed by atoms with Crippen molar-refractivity contribution in [2.24, 2.45) is 7.05 Å². The summed E-state index contributed by atoms with van der Waals surface area (Å²) in [4.78, 5) is 35.2. The summed E-state index contributed by atoms with van der Waals surface area (Å²) in [5.74, 6) is -0.142. The molecule has 1 fully saturated rings. The van der Waals surface area contributed by atoms with Crippen molar-refractivity contribution >= 4 is 28.2 Å². The number of non-ortho nitro benzene ring substituents is 1. The minimum absolute atomic E-state index is 0.0674. The molecule has 1 aliphatic rings. The summed E-state index contributed by atoms with van der Waals surface area (Å²) in [7, 11) is 1.61. The number of carbonyl (C=O) groups excluding carboxylic acids is 1. The van der Waals surface area contributed by atoms with Gasteiger partial charge in [0.1, 0.15) is 6.04 Å². The van der Waals surface area contributed by atoms with E-state index in [1.165, 1.54) is 22.8 Å². The lowest BCUT2D eigenvalue weighted by atomic mass is 10.1. The molecule has 2 N–H and O–H groups in total. The molecule has 0 spiro atoms. The Kier molecular flexibility index (Phi) is 4.92. The number of nitrogens with zero attached hydrogens (tertiary/aromatic N) is 2. The highest BCUT2D eigenvalue weighted by Gasteiger charge is 2.21. The molecule has 0 aliphatic heterocycles. The van der Waals surface area contributed by atoms with Crippen LogP contribution in [0.2, 0.25) is 0 Å². The molecule has 1 heterocycles. The highest BCUT2D eigenvalue weighted by molar-refractivity contribution is 5.95. The zero-order valence-corrected chi connectivity index (χ0v) is 14.8. The Morgan fingerprint density at radius 3 is 2.65 bits per heavy atom. The second-order valence-electron chi connectivity index (χ2n) is 6.77. The zero-order valence-electron chi connectivity index (χ0n) is 14.8. The first-order valence-electron chi connectivity index (χ1n) is 8.72. The summed E-state index contributed by atoms with van der Waals surface area (Å²) in [6, 6.07) is 5.33. The Bertz CT molecular complexity index is 915. The SMILES string of the molecule is CC(Nc1cc(=O)n(C)c2ccc([N+](=O)[O-])cc12)C(=O)NC1CCCC1. The first-order chi connectivity index (χ1) is 12.4. The van der Waals surface area contributed by atoms with Crippen LogP contribution in [0.4, 0.5) is 11.4 Å². The summed E-state index contributed by atoms with van der Waals surface area (Å²) in [6.07, 6.45) is 4.21. The second kappa shape index (κ2) is 7.15. The number of fused-ring (bicyclic) bond motifs is 1. The molecular formula is C18H22N4O4. The minimum atomic E-state index is -0.565. The van der Waals surface area contributed by atoms with Crippen molar-refractivity contribution < 1.29 is 9.72 Å². The predicted molar refractivity (Wildman–Crippen MR) is 99.3 cm³/mol. The number of nitro benzene ring substituents is 1. The number of hydrogen-bond acceptors (Lipinski definition) is 5. The van der Waals surface area contributed by atoms with E-state index in [0.29, 0.717) is 16.6 Å². The molecule has 1 aliphatic carbocycles. The van der Waals surface area contributed by atoms with Gasteiger partial charge in [0.05, 0.1) is 10.4 Å². The molecular weight excluding hydrogens is 336 g/mol. The van der Waals surface area contributed by atoms with E-state index < -0.39 is 11.0 Å². The van der Waals surface area contributed by atoms with Crippen LogP contribution in [0.15, 0.2) is 29.1 Å². The first-order valence-corrected chi connectivity index (χ1v) is 8.72. The van der Waals surface area contributed by atoms with Crippen LogP contribution in [0.1, 0.15) is 32.6 Å². The number of nitrogens with one attached hydrogen (secondary N) is 2. The van der Waals surface area contributed by atoms with Crippen LogP contribution in [0.5, 0.6) is 0 Å². The Hall–Kier alpha value is -2.90. The fourth-order valence-electron chi connectivity index (χ4n) is 3.38. The van der Waals surface area contributed by atoms with Crippen molar-refractivity contribution in [3.05, 3.63) is 44.7 Å². The molecule has 1 aromatic carbocycles. The lowest BCUT2D eigenvalue weighted by Crippen LogP contribution is -2.42. The van der Waals surface area contributed by atoms with Crippen molar-refractivity contribution in [1.82, 2.24) is 9.88 Å². The molecule has 0 radical (unpaired) electrons. The number of benzene rings is 1. The molecule has 2 aromatic rings. The quantitative estimate of drug-likeness (QED) is 0.630. The van der Waals surface area contributed by atoms with Crippen molar-refractivity contribution in [3.63, 3.8) is 0 Å². The van der Waals surface area contributed by atoms with E-state index >= 15 is 0 Å². The van der Waals surface area contributed by atoms with Gasteiger partial charge in [0, 0.05) is 42.4 Å². The number of hydrogen-bond donors (Lipinski definition) is 2. The molecule has 1 atom stereocenters. The van der Waals surface area contributed by atoms with Gasteiger partial charge in [-0.3, -0.25) is 19.7 Å². The number of rotatable bonds is 5. The third-order valence-corrected chi connectivity index (χ3v) is 4.91. The third kappa shape index (κ3) is 3.54. The van der Waals surface area contributed by atoms with Crippen LogP contribution >= 0.6 is 0 Å². The van der Waals surface area contributed by atoms with E-state index in [2.05, 4.69) is 10.6 Å². The van der Waals surface area contributed by atoms with Crippen molar-refractivity contribution in [2.75, 3.05) is 5.32 Å². The molecule has 1 aromatic heterocycles. The molecule has 3 rings (SSSR count). The number of pyridine rings is 1. The molecule has 1 saturated carbocycles. The summed E-state index contributed by atoms with van der Waals surface area (Å²) in [5.41, 5.74) is 0.661. The van der Waals surface area contributed by atoms with E-state index in [1.54, 1.807) is 20.0 Å². The number of aryl methyl sites for hydroxylation is 1. The van der Waals surface area contributed by atoms with Crippen LogP contribution in [0.25, 0.3) is 10.9 Å². The average molecular weight is 358 g/mol. The number of nitro groups is 1. The van der Waals surface area contributed by atoms with Gasteiger partial charge in [-0.1, -0.05) is 12.8 Å². The highest BCUT2D eigenvalue weighted by atomic mass is 16.6. The highest BCUT2D eigenvalue weighted by Crippen LogP contribution is 2.26. The molecule has 1 unspecified atom stereocenters. The number of anilines is 1. The van der Waals surface area contributed by atoms with E-state index in [-0.39, 0.29) is 23.2 Å². The normalized spacial score (nSPS) is 15.8. The number of carbonyl (C=O) groups is 1. The fourth-order valence-corrected chi connectivity index (χ4v) is 3.38. The standard InChI is InChI=1S/C18H22N4O4/c1-11(18(24)20-12-5-3-4-6-12)19-15-10-17(23)21(2)16-8-7-13(22(25)26)9-14(15)16/h7-12,19H,3-6H2,1-2H3,(H,20,24). The van der Waals surface area contributed by atoms with Gasteiger partial charge < -0.3 is 15.2 Å². The monoisotopic (exact) mass is 358 g/mol. The topological polar surface area (TPSA) is 106 Å². The maximum absolute atomic E-state index is 12.4. The van der Waals surface area contributed by atoms with Crippen molar-refractivity contribution in [1.29, 1.82) is 0 Å². The van der Waals surface area contributed by atoms with Gasteiger partial charge in [0.15, 0.2) is 0 Å². The van der Waals surface area contributed by atoms with Gasteiger partial charge in [-0.25, -0.2) is 0 Å². The first kappa shape index (κ1) is 17.9. The van der Waals surface area contributed by atoms with Crippen LogP contribution in [-0.4, -0.2) is 27.5 Å². The summed E-state index contributed by atoms with van der Waals surface area (Å²) < 4.78 is 1.42. The minimum Gasteiger partial charge on any atom is -0.373 e. The zero-order chi connectivity index (χ0) is 18.8. The molecule has 26 heavy (non-hydrogen) atoms. The van der Waals surface area contributed by atoms with E-state index in [9.17, 15) is 19.7 Å². The van der Waals surface area contributed by atoms with E-state index in [4.69, 9.17) is 0 Å². The smallest absolute Gasteiger partial charge is 0.270 e. The molecule has 8 heteroatoms. The maximum atomic E-state index is 12.4. The third-order valence-electron chi connectivity index (χ3n) is 4.91. The van der Waals surface area contributed by atoms with E-state index in [0.717, 1.165) is 25.7 Å². The molecule has 1 amide bonds. The van der Waals surface area contributed by atoms with Gasteiger partial charge in [-0.05, 0) is 25.8 Å². The second-order valence-corrected chi connectivity index (χ2v) is 6.77. The van der Waals surface area contributed by atoms with Gasteiger partial charge in [0.2, 0.25) is 5.91 Å². The summed E-state index contributed by atoms with van der Waals surface area (Å²) in [5, 5.41) is 17.7. The number of amides is 1. The van der Waals surface area contributed by atoms with Gasteiger partial charge >= 0.3 is 0 Å². The van der Waals surface area contributed by atoms with Crippen LogP contribution in [-0.2, 0) is 11.8 Å². The van der Waals surface area contributed by atoms with Crippen LogP contribution in [0, 0.1) is 10.1 Å². The van der Waals surface area contributed by atoms with Crippen LogP contribution in [0.3, 0.4) is 0 Å². The molecule has 8 nitrogen and oxygen atoms in total. The molecule has 138 valence electrons. The van der Waals surface area contributed by atoms with E-state index in [1.807, 2.05) is 0 Å². The van der Waals surface area contributed by atoms with Crippen molar-refractivity contribution in [2.45, 2.75) is 44.7 Å². The van der Waals surface area contributed by atoms with Crippen LogP contribution < -0.4 is 16.2 Å². The Labute approximate surface area is 150 Å². The van der Waals surface area contributed by atoms with Gasteiger partial charge in [-0.15, -0.1) is 0 Å². The maximum Gasteiger partial charge on any atom is 0.270 e. The lowest BCUT2D eigenvalue weighted by Gasteiger charge is -2.20. The van der Waals surface area contributed by atoms with Gasteiger partial charge in [-0.2, -0.15) is 0 Å². The number of aromatic nitrogens is 1.